The third-order valence-corrected chi connectivity index (χ3v) is 4.97. The Morgan fingerprint density at radius 2 is 1.67 bits per heavy atom. The van der Waals surface area contributed by atoms with Gasteiger partial charge >= 0.3 is 0 Å². The molecular formula is C20H17FN2O3S. The van der Waals surface area contributed by atoms with Crippen LogP contribution in [0.15, 0.2) is 53.3 Å². The summed E-state index contributed by atoms with van der Waals surface area (Å²) in [5, 5.41) is 5.85. The molecule has 2 N–H and O–H groups in total. The zero-order valence-electron chi connectivity index (χ0n) is 14.7. The summed E-state index contributed by atoms with van der Waals surface area (Å²) in [6.07, 6.45) is 0. The highest BCUT2D eigenvalue weighted by Crippen LogP contribution is 2.28. The Bertz CT molecular complexity index is 1070. The first-order chi connectivity index (χ1) is 12.9. The molecule has 138 valence electrons. The predicted molar refractivity (Wildman–Crippen MR) is 106 cm³/mol. The van der Waals surface area contributed by atoms with E-state index >= 15 is 0 Å². The molecule has 27 heavy (non-hydrogen) atoms. The number of fused-ring (bicyclic) bond motifs is 1. The van der Waals surface area contributed by atoms with Crippen molar-refractivity contribution in [3.05, 3.63) is 70.1 Å². The van der Waals surface area contributed by atoms with Gasteiger partial charge in [0.05, 0.1) is 0 Å². The summed E-state index contributed by atoms with van der Waals surface area (Å²) in [5.74, 6) is -1.70. The summed E-state index contributed by atoms with van der Waals surface area (Å²) in [6, 6.07) is 12.1. The van der Waals surface area contributed by atoms with Gasteiger partial charge in [0.15, 0.2) is 0 Å². The highest BCUT2D eigenvalue weighted by molar-refractivity contribution is 7.22. The van der Waals surface area contributed by atoms with Gasteiger partial charge in [-0.1, -0.05) is 26.0 Å². The molecule has 0 bridgehead atoms. The minimum Gasteiger partial charge on any atom is -0.322 e. The highest BCUT2D eigenvalue weighted by Gasteiger charge is 2.22. The van der Waals surface area contributed by atoms with Gasteiger partial charge in [0.2, 0.25) is 11.3 Å². The van der Waals surface area contributed by atoms with E-state index in [2.05, 4.69) is 10.6 Å². The van der Waals surface area contributed by atoms with Crippen LogP contribution in [0.25, 0.3) is 10.1 Å². The molecule has 0 saturated heterocycles. The number of amides is 2. The second-order valence-corrected chi connectivity index (χ2v) is 7.29. The minimum atomic E-state index is -0.660. The molecule has 0 unspecified atom stereocenters. The lowest BCUT2D eigenvalue weighted by Crippen LogP contribution is -2.26. The van der Waals surface area contributed by atoms with Crippen molar-refractivity contribution in [1.29, 1.82) is 0 Å². The summed E-state index contributed by atoms with van der Waals surface area (Å²) in [5.41, 5.74) is -0.264. The molecule has 0 saturated carbocycles. The highest BCUT2D eigenvalue weighted by atomic mass is 32.1. The van der Waals surface area contributed by atoms with E-state index in [1.807, 2.05) is 0 Å². The van der Waals surface area contributed by atoms with Crippen LogP contribution < -0.4 is 16.1 Å². The van der Waals surface area contributed by atoms with E-state index in [9.17, 15) is 18.8 Å². The van der Waals surface area contributed by atoms with Crippen LogP contribution in [-0.2, 0) is 4.79 Å². The Hall–Kier alpha value is -3.06. The number of hydrogen-bond acceptors (Lipinski definition) is 4. The van der Waals surface area contributed by atoms with Crippen LogP contribution in [-0.4, -0.2) is 11.8 Å². The summed E-state index contributed by atoms with van der Waals surface area (Å²) in [4.78, 5) is 37.9. The van der Waals surface area contributed by atoms with Crippen LogP contribution in [0, 0.1) is 11.7 Å². The van der Waals surface area contributed by atoms with Gasteiger partial charge in [0, 0.05) is 21.7 Å². The number of hydrogen-bond donors (Lipinski definition) is 2. The van der Waals surface area contributed by atoms with Crippen LogP contribution in [0.2, 0.25) is 0 Å². The predicted octanol–water partition coefficient (Wildman–Crippen LogP) is 4.25. The molecule has 7 heteroatoms. The first-order valence-corrected chi connectivity index (χ1v) is 9.12. The standard InChI is InChI=1S/C20H17FN2O3S/c1-11(2)18(25)23-20-16(17(24)14-5-3-4-6-15(14)27-20)19(26)22-13-9-7-12(21)8-10-13/h3-11H,1-2H3,(H,22,26)(H,23,25). The Morgan fingerprint density at radius 3 is 2.33 bits per heavy atom. The molecule has 0 radical (unpaired) electrons. The van der Waals surface area contributed by atoms with Crippen molar-refractivity contribution in [3.8, 4) is 0 Å². The zero-order chi connectivity index (χ0) is 19.6. The minimum absolute atomic E-state index is 0.142. The third kappa shape index (κ3) is 4.03. The molecule has 0 aliphatic carbocycles. The van der Waals surface area contributed by atoms with Gasteiger partial charge in [0.1, 0.15) is 16.4 Å². The molecule has 5 nitrogen and oxygen atoms in total. The summed E-state index contributed by atoms with van der Waals surface area (Å²) < 4.78 is 13.7. The second kappa shape index (κ2) is 7.67. The van der Waals surface area contributed by atoms with Gasteiger partial charge in [-0.3, -0.25) is 14.4 Å². The summed E-state index contributed by atoms with van der Waals surface area (Å²) in [7, 11) is 0. The van der Waals surface area contributed by atoms with Crippen LogP contribution in [0.4, 0.5) is 15.1 Å². The van der Waals surface area contributed by atoms with Crippen LogP contribution in [0.3, 0.4) is 0 Å². The summed E-state index contributed by atoms with van der Waals surface area (Å²) in [6.45, 7) is 3.44. The van der Waals surface area contributed by atoms with Crippen molar-refractivity contribution in [2.24, 2.45) is 5.92 Å². The maximum absolute atomic E-state index is 13.1. The molecule has 2 amide bonds. The fraction of sp³-hybridized carbons (Fsp3) is 0.150. The molecule has 0 atom stereocenters. The van der Waals surface area contributed by atoms with Crippen LogP contribution in [0.1, 0.15) is 24.2 Å². The van der Waals surface area contributed by atoms with Crippen molar-refractivity contribution in [3.63, 3.8) is 0 Å². The maximum atomic E-state index is 13.1. The third-order valence-electron chi connectivity index (χ3n) is 3.89. The van der Waals surface area contributed by atoms with Crippen molar-refractivity contribution in [1.82, 2.24) is 0 Å². The van der Waals surface area contributed by atoms with E-state index in [0.717, 1.165) is 11.3 Å². The molecule has 1 heterocycles. The number of halogens is 1. The molecule has 0 fully saturated rings. The first kappa shape index (κ1) is 18.7. The topological polar surface area (TPSA) is 75.3 Å². The Kier molecular flexibility index (Phi) is 5.32. The molecule has 3 rings (SSSR count). The number of anilines is 2. The molecule has 1 aromatic heterocycles. The van der Waals surface area contributed by atoms with Gasteiger partial charge in [-0.05, 0) is 36.4 Å². The van der Waals surface area contributed by atoms with E-state index in [0.29, 0.717) is 15.8 Å². The smallest absolute Gasteiger partial charge is 0.262 e. The Labute approximate surface area is 158 Å². The van der Waals surface area contributed by atoms with Crippen LogP contribution in [0.5, 0.6) is 0 Å². The van der Waals surface area contributed by atoms with Gasteiger partial charge in [-0.2, -0.15) is 0 Å². The maximum Gasteiger partial charge on any atom is 0.262 e. The average Bonchev–Trinajstić information content (AvgIpc) is 2.63. The van der Waals surface area contributed by atoms with E-state index in [1.165, 1.54) is 24.3 Å². The van der Waals surface area contributed by atoms with Crippen molar-refractivity contribution in [2.75, 3.05) is 10.6 Å². The number of carbonyl (C=O) groups excluding carboxylic acids is 2. The number of rotatable bonds is 4. The average molecular weight is 384 g/mol. The Balaban J connectivity index is 2.09. The Morgan fingerprint density at radius 1 is 1.00 bits per heavy atom. The first-order valence-electron chi connectivity index (χ1n) is 8.30. The van der Waals surface area contributed by atoms with Crippen LogP contribution >= 0.6 is 11.3 Å². The lowest BCUT2D eigenvalue weighted by molar-refractivity contribution is -0.118. The van der Waals surface area contributed by atoms with Gasteiger partial charge < -0.3 is 10.6 Å². The number of carbonyl (C=O) groups is 2. The van der Waals surface area contributed by atoms with Gasteiger partial charge in [0.25, 0.3) is 5.91 Å². The lowest BCUT2D eigenvalue weighted by Gasteiger charge is -2.13. The van der Waals surface area contributed by atoms with E-state index in [4.69, 9.17) is 0 Å². The largest absolute Gasteiger partial charge is 0.322 e. The molecule has 0 spiro atoms. The number of nitrogens with one attached hydrogen (secondary N) is 2. The fourth-order valence-corrected chi connectivity index (χ4v) is 3.50. The molecule has 2 aromatic carbocycles. The van der Waals surface area contributed by atoms with E-state index < -0.39 is 17.2 Å². The van der Waals surface area contributed by atoms with Gasteiger partial charge in [-0.25, -0.2) is 4.39 Å². The number of benzene rings is 2. The normalized spacial score (nSPS) is 10.8. The quantitative estimate of drug-likeness (QED) is 0.706. The fourth-order valence-electron chi connectivity index (χ4n) is 2.42. The van der Waals surface area contributed by atoms with Crippen molar-refractivity contribution < 1.29 is 14.0 Å². The monoisotopic (exact) mass is 384 g/mol. The SMILES string of the molecule is CC(C)C(=O)Nc1sc2ccccc2c(=O)c1C(=O)Nc1ccc(F)cc1. The second-order valence-electron chi connectivity index (χ2n) is 6.24. The molecular weight excluding hydrogens is 367 g/mol. The van der Waals surface area contributed by atoms with Gasteiger partial charge in [-0.15, -0.1) is 11.3 Å². The van der Waals surface area contributed by atoms with Crippen molar-refractivity contribution >= 4 is 43.9 Å². The molecule has 0 aliphatic rings. The van der Waals surface area contributed by atoms with Crippen molar-refractivity contribution in [2.45, 2.75) is 13.8 Å². The zero-order valence-corrected chi connectivity index (χ0v) is 15.5. The van der Waals surface area contributed by atoms with E-state index in [-0.39, 0.29) is 22.4 Å². The molecule has 3 aromatic rings. The summed E-state index contributed by atoms with van der Waals surface area (Å²) >= 11 is 1.16. The lowest BCUT2D eigenvalue weighted by atomic mass is 10.1. The van der Waals surface area contributed by atoms with E-state index in [1.54, 1.807) is 38.1 Å². The molecule has 0 aliphatic heterocycles.